The number of hydrogen-bond donors (Lipinski definition) is 2. The Morgan fingerprint density at radius 2 is 1.94 bits per heavy atom. The smallest absolute Gasteiger partial charge is 0.315 e. The van der Waals surface area contributed by atoms with Crippen LogP contribution < -0.4 is 10.6 Å². The highest BCUT2D eigenvalue weighted by atomic mass is 35.5. The summed E-state index contributed by atoms with van der Waals surface area (Å²) in [5.74, 6) is 0. The van der Waals surface area contributed by atoms with Gasteiger partial charge in [0, 0.05) is 11.1 Å². The molecular formula is C14H21ClN2O. The summed E-state index contributed by atoms with van der Waals surface area (Å²) in [6, 6.07) is 7.57. The standard InChI is InChI=1S/C14H21ClN2O/c1-4-13(5-2)17-14(18)16-10(3)11-7-6-8-12(15)9-11/h6-10,13H,4-5H2,1-3H3,(H2,16,17,18)/t10-/m0/s1. The first kappa shape index (κ1) is 14.8. The first-order valence-electron chi connectivity index (χ1n) is 6.39. The zero-order chi connectivity index (χ0) is 13.5. The molecule has 0 bridgehead atoms. The van der Waals surface area contributed by atoms with E-state index in [9.17, 15) is 4.79 Å². The largest absolute Gasteiger partial charge is 0.335 e. The molecule has 1 atom stereocenters. The van der Waals surface area contributed by atoms with E-state index in [0.717, 1.165) is 18.4 Å². The van der Waals surface area contributed by atoms with Crippen LogP contribution in [0.3, 0.4) is 0 Å². The molecule has 100 valence electrons. The van der Waals surface area contributed by atoms with Crippen LogP contribution >= 0.6 is 11.6 Å². The Hall–Kier alpha value is -1.22. The lowest BCUT2D eigenvalue weighted by atomic mass is 10.1. The number of carbonyl (C=O) groups is 1. The van der Waals surface area contributed by atoms with Gasteiger partial charge in [0.2, 0.25) is 0 Å². The minimum Gasteiger partial charge on any atom is -0.335 e. The molecule has 1 aromatic carbocycles. The quantitative estimate of drug-likeness (QED) is 0.836. The minimum atomic E-state index is -0.129. The van der Waals surface area contributed by atoms with Gasteiger partial charge in [-0.2, -0.15) is 0 Å². The van der Waals surface area contributed by atoms with Crippen LogP contribution in [0.1, 0.15) is 45.2 Å². The highest BCUT2D eigenvalue weighted by Gasteiger charge is 2.12. The summed E-state index contributed by atoms with van der Waals surface area (Å²) in [6.07, 6.45) is 1.88. The average molecular weight is 269 g/mol. The fraction of sp³-hybridized carbons (Fsp3) is 0.500. The average Bonchev–Trinajstić information content (AvgIpc) is 2.35. The summed E-state index contributed by atoms with van der Waals surface area (Å²) in [7, 11) is 0. The molecule has 0 fully saturated rings. The Morgan fingerprint density at radius 1 is 1.28 bits per heavy atom. The van der Waals surface area contributed by atoms with E-state index in [0.29, 0.717) is 5.02 Å². The molecule has 0 unspecified atom stereocenters. The molecule has 0 saturated carbocycles. The van der Waals surface area contributed by atoms with Crippen molar-refractivity contribution in [3.05, 3.63) is 34.9 Å². The molecule has 0 spiro atoms. The van der Waals surface area contributed by atoms with Gasteiger partial charge in [-0.1, -0.05) is 37.6 Å². The number of benzene rings is 1. The summed E-state index contributed by atoms with van der Waals surface area (Å²) in [4.78, 5) is 11.8. The summed E-state index contributed by atoms with van der Waals surface area (Å²) in [5.41, 5.74) is 1.00. The third kappa shape index (κ3) is 4.57. The van der Waals surface area contributed by atoms with Crippen LogP contribution in [-0.2, 0) is 0 Å². The normalized spacial score (nSPS) is 12.3. The fourth-order valence-corrected chi connectivity index (χ4v) is 1.97. The van der Waals surface area contributed by atoms with E-state index in [2.05, 4.69) is 24.5 Å². The van der Waals surface area contributed by atoms with E-state index >= 15 is 0 Å². The zero-order valence-corrected chi connectivity index (χ0v) is 11.9. The van der Waals surface area contributed by atoms with E-state index in [1.807, 2.05) is 31.2 Å². The third-order valence-corrected chi connectivity index (χ3v) is 3.25. The van der Waals surface area contributed by atoms with Gasteiger partial charge in [0.25, 0.3) is 0 Å². The maximum Gasteiger partial charge on any atom is 0.315 e. The van der Waals surface area contributed by atoms with Crippen LogP contribution in [-0.4, -0.2) is 12.1 Å². The number of amides is 2. The maximum absolute atomic E-state index is 11.8. The predicted octanol–water partition coefficient (Wildman–Crippen LogP) is 3.89. The molecule has 0 saturated heterocycles. The monoisotopic (exact) mass is 268 g/mol. The minimum absolute atomic E-state index is 0.0573. The Balaban J connectivity index is 2.54. The zero-order valence-electron chi connectivity index (χ0n) is 11.2. The van der Waals surface area contributed by atoms with Gasteiger partial charge in [-0.05, 0) is 37.5 Å². The lowest BCUT2D eigenvalue weighted by Gasteiger charge is -2.19. The topological polar surface area (TPSA) is 41.1 Å². The van der Waals surface area contributed by atoms with Gasteiger partial charge in [-0.15, -0.1) is 0 Å². The van der Waals surface area contributed by atoms with E-state index in [-0.39, 0.29) is 18.1 Å². The molecule has 2 N–H and O–H groups in total. The Kier molecular flexibility index (Phi) is 5.99. The molecule has 0 heterocycles. The van der Waals surface area contributed by atoms with Gasteiger partial charge < -0.3 is 10.6 Å². The van der Waals surface area contributed by atoms with Gasteiger partial charge in [-0.3, -0.25) is 0 Å². The number of rotatable bonds is 5. The second-order valence-electron chi connectivity index (χ2n) is 4.41. The highest BCUT2D eigenvalue weighted by molar-refractivity contribution is 6.30. The number of urea groups is 1. The van der Waals surface area contributed by atoms with Crippen molar-refractivity contribution in [1.29, 1.82) is 0 Å². The van der Waals surface area contributed by atoms with Crippen LogP contribution in [0.15, 0.2) is 24.3 Å². The Morgan fingerprint density at radius 3 is 2.50 bits per heavy atom. The molecule has 0 aliphatic carbocycles. The number of hydrogen-bond acceptors (Lipinski definition) is 1. The molecule has 1 aromatic rings. The molecule has 1 rings (SSSR count). The van der Waals surface area contributed by atoms with Crippen molar-refractivity contribution in [3.63, 3.8) is 0 Å². The van der Waals surface area contributed by atoms with Gasteiger partial charge in [0.15, 0.2) is 0 Å². The number of halogens is 1. The molecule has 0 aromatic heterocycles. The van der Waals surface area contributed by atoms with E-state index in [1.54, 1.807) is 0 Å². The van der Waals surface area contributed by atoms with Crippen molar-refractivity contribution in [2.24, 2.45) is 0 Å². The second kappa shape index (κ2) is 7.27. The van der Waals surface area contributed by atoms with Crippen molar-refractivity contribution in [2.75, 3.05) is 0 Å². The van der Waals surface area contributed by atoms with Gasteiger partial charge in [0.1, 0.15) is 0 Å². The molecular weight excluding hydrogens is 248 g/mol. The van der Waals surface area contributed by atoms with E-state index in [4.69, 9.17) is 11.6 Å². The van der Waals surface area contributed by atoms with E-state index in [1.165, 1.54) is 0 Å². The summed E-state index contributed by atoms with van der Waals surface area (Å²) < 4.78 is 0. The Labute approximate surface area is 114 Å². The summed E-state index contributed by atoms with van der Waals surface area (Å²) in [5, 5.41) is 6.54. The van der Waals surface area contributed by atoms with Crippen molar-refractivity contribution in [2.45, 2.75) is 45.7 Å². The van der Waals surface area contributed by atoms with Gasteiger partial charge in [0.05, 0.1) is 6.04 Å². The van der Waals surface area contributed by atoms with Gasteiger partial charge >= 0.3 is 6.03 Å². The van der Waals surface area contributed by atoms with Crippen molar-refractivity contribution in [1.82, 2.24) is 10.6 Å². The molecule has 0 aliphatic heterocycles. The van der Waals surface area contributed by atoms with Crippen molar-refractivity contribution in [3.8, 4) is 0 Å². The van der Waals surface area contributed by atoms with Crippen LogP contribution in [0.25, 0.3) is 0 Å². The first-order valence-corrected chi connectivity index (χ1v) is 6.77. The van der Waals surface area contributed by atoms with Crippen LogP contribution in [0, 0.1) is 0 Å². The molecule has 2 amide bonds. The third-order valence-electron chi connectivity index (χ3n) is 3.02. The number of carbonyl (C=O) groups excluding carboxylic acids is 1. The maximum atomic E-state index is 11.8. The fourth-order valence-electron chi connectivity index (χ4n) is 1.78. The van der Waals surface area contributed by atoms with Crippen molar-refractivity contribution >= 4 is 17.6 Å². The predicted molar refractivity (Wildman–Crippen MR) is 75.9 cm³/mol. The highest BCUT2D eigenvalue weighted by Crippen LogP contribution is 2.17. The summed E-state index contributed by atoms with van der Waals surface area (Å²) in [6.45, 7) is 6.07. The van der Waals surface area contributed by atoms with Crippen LogP contribution in [0.5, 0.6) is 0 Å². The molecule has 3 nitrogen and oxygen atoms in total. The van der Waals surface area contributed by atoms with Crippen LogP contribution in [0.2, 0.25) is 5.02 Å². The molecule has 18 heavy (non-hydrogen) atoms. The summed E-state index contributed by atoms with van der Waals surface area (Å²) >= 11 is 5.93. The lowest BCUT2D eigenvalue weighted by molar-refractivity contribution is 0.233. The van der Waals surface area contributed by atoms with Gasteiger partial charge in [-0.25, -0.2) is 4.79 Å². The lowest BCUT2D eigenvalue weighted by Crippen LogP contribution is -2.42. The van der Waals surface area contributed by atoms with Crippen molar-refractivity contribution < 1.29 is 4.79 Å². The molecule has 0 radical (unpaired) electrons. The Bertz CT molecular complexity index is 391. The molecule has 0 aliphatic rings. The van der Waals surface area contributed by atoms with E-state index < -0.39 is 0 Å². The first-order chi connectivity index (χ1) is 8.56. The number of nitrogens with one attached hydrogen (secondary N) is 2. The molecule has 4 heteroatoms. The second-order valence-corrected chi connectivity index (χ2v) is 4.84. The van der Waals surface area contributed by atoms with Crippen LogP contribution in [0.4, 0.5) is 4.79 Å². The SMILES string of the molecule is CCC(CC)NC(=O)N[C@@H](C)c1cccc(Cl)c1.